The van der Waals surface area contributed by atoms with E-state index in [-0.39, 0.29) is 29.8 Å². The summed E-state index contributed by atoms with van der Waals surface area (Å²) in [5.74, 6) is -1.63. The summed E-state index contributed by atoms with van der Waals surface area (Å²) < 4.78 is 33.4. The van der Waals surface area contributed by atoms with E-state index in [0.717, 1.165) is 30.5 Å². The second-order valence-electron chi connectivity index (χ2n) is 16.2. The number of esters is 1. The van der Waals surface area contributed by atoms with E-state index in [4.69, 9.17) is 23.7 Å². The van der Waals surface area contributed by atoms with Crippen molar-refractivity contribution >= 4 is 17.8 Å². The lowest BCUT2D eigenvalue weighted by Gasteiger charge is -2.42. The van der Waals surface area contributed by atoms with Gasteiger partial charge in [-0.1, -0.05) is 34.6 Å². The van der Waals surface area contributed by atoms with Crippen LogP contribution in [0, 0.1) is 29.6 Å². The van der Waals surface area contributed by atoms with Crippen molar-refractivity contribution in [2.45, 2.75) is 149 Å². The van der Waals surface area contributed by atoms with Crippen molar-refractivity contribution in [1.82, 2.24) is 19.4 Å². The lowest BCUT2D eigenvalue weighted by molar-refractivity contribution is -0.239. The molecule has 12 atom stereocenters. The number of hydrogen-bond donors (Lipinski definition) is 0. The minimum atomic E-state index is -1.26. The number of unbranched alkanes of at least 4 members (excludes halogenated alkanes) is 1. The Hall–Kier alpha value is -3.35. The summed E-state index contributed by atoms with van der Waals surface area (Å²) in [6, 6.07) is 3.22. The van der Waals surface area contributed by atoms with Crippen LogP contribution in [0.4, 0.5) is 4.79 Å². The Morgan fingerprint density at radius 3 is 2.42 bits per heavy atom. The first kappa shape index (κ1) is 40.8. The topological polar surface area (TPSA) is 131 Å². The molecule has 0 aromatic carbocycles. The maximum Gasteiger partial charge on any atom is 0.410 e. The van der Waals surface area contributed by atoms with E-state index in [2.05, 4.69) is 30.7 Å². The highest BCUT2D eigenvalue weighted by atomic mass is 16.7. The number of Topliss-reactive ketones (excluding diaryl/α,β-unsaturated/α-hetero) is 1. The van der Waals surface area contributed by atoms with E-state index in [1.54, 1.807) is 30.7 Å². The van der Waals surface area contributed by atoms with E-state index in [9.17, 15) is 14.4 Å². The zero-order valence-corrected chi connectivity index (χ0v) is 33.2. The Balaban J connectivity index is 1.37. The predicted molar refractivity (Wildman–Crippen MR) is 200 cm³/mol. The Morgan fingerprint density at radius 1 is 0.981 bits per heavy atom. The van der Waals surface area contributed by atoms with Crippen molar-refractivity contribution in [2.24, 2.45) is 29.6 Å². The highest BCUT2D eigenvalue weighted by Gasteiger charge is 2.59. The fourth-order valence-corrected chi connectivity index (χ4v) is 9.01. The van der Waals surface area contributed by atoms with Crippen molar-refractivity contribution < 1.29 is 38.1 Å². The number of carbonyl (C=O) groups excluding carboxylic acids is 3. The Bertz CT molecular complexity index is 1510. The molecular weight excluding hydrogens is 676 g/mol. The minimum absolute atomic E-state index is 0.0264. The molecule has 0 radical (unpaired) electrons. The highest BCUT2D eigenvalue weighted by Crippen LogP contribution is 2.42. The third-order valence-electron chi connectivity index (χ3n) is 11.8. The molecule has 3 aliphatic heterocycles. The van der Waals surface area contributed by atoms with E-state index in [1.807, 2.05) is 57.5 Å². The Kier molecular flexibility index (Phi) is 13.8. The standard InChI is InChI=1S/C41H62N4O8/c1-10-34-41(8)38(45(40(48)53-41)17-12-11-16-44-23-33(43-24-44)31-14-13-15-42-22-31)29(6)36(46)26(3)20-32(49-9)21-27(4)37(30(7)39(47)51-34)52-35-19-25(2)18-28(5)50-35/h13-15,22-30,32,34-35,37-38H,10-12,16-21H2,1-9H3/t25-,26-,27-,28+,29+,30-,32-,34-,35+,37+,38-,41-/m1/s1. The molecule has 0 N–H and O–H groups in total. The van der Waals surface area contributed by atoms with E-state index in [0.29, 0.717) is 44.7 Å². The number of ether oxygens (including phenoxy) is 5. The van der Waals surface area contributed by atoms with Gasteiger partial charge in [-0.05, 0) is 83.3 Å². The average molecular weight is 739 g/mol. The fourth-order valence-electron chi connectivity index (χ4n) is 9.01. The lowest BCUT2D eigenvalue weighted by atomic mass is 9.76. The van der Waals surface area contributed by atoms with Crippen LogP contribution in [0.3, 0.4) is 0 Å². The molecule has 0 spiro atoms. The first-order valence-electron chi connectivity index (χ1n) is 19.7. The van der Waals surface area contributed by atoms with Gasteiger partial charge in [-0.25, -0.2) is 9.78 Å². The molecule has 3 aliphatic rings. The molecule has 3 saturated heterocycles. The molecule has 53 heavy (non-hydrogen) atoms. The number of imidazole rings is 1. The molecule has 2 aromatic heterocycles. The Morgan fingerprint density at radius 2 is 1.74 bits per heavy atom. The average Bonchev–Trinajstić information content (AvgIpc) is 3.71. The molecule has 2 aromatic rings. The zero-order valence-electron chi connectivity index (χ0n) is 33.2. The van der Waals surface area contributed by atoms with Crippen LogP contribution in [0.25, 0.3) is 11.3 Å². The second-order valence-corrected chi connectivity index (χ2v) is 16.2. The zero-order chi connectivity index (χ0) is 38.4. The molecule has 12 nitrogen and oxygen atoms in total. The lowest BCUT2D eigenvalue weighted by Crippen LogP contribution is -2.58. The third-order valence-corrected chi connectivity index (χ3v) is 11.8. The van der Waals surface area contributed by atoms with Gasteiger partial charge in [0.2, 0.25) is 0 Å². The largest absolute Gasteiger partial charge is 0.458 e. The SMILES string of the molecule is CC[C@H]1OC(=O)[C@H](C)[C@@H](O[C@H]2C[C@H](C)C[C@H](C)O2)[C@H](C)C[C@H](OC)C[C@@H](C)C(=O)[C@H](C)[C@H]2N(CCCCn3cnc(-c4cccnc4)c3)C(=O)O[C@]12C. The van der Waals surface area contributed by atoms with Crippen molar-refractivity contribution in [1.29, 1.82) is 0 Å². The molecule has 5 heterocycles. The molecule has 1 amide bonds. The van der Waals surface area contributed by atoms with Gasteiger partial charge in [-0.2, -0.15) is 0 Å². The van der Waals surface area contributed by atoms with Gasteiger partial charge in [0.15, 0.2) is 11.9 Å². The number of ketones is 1. The third kappa shape index (κ3) is 9.49. The molecule has 12 heteroatoms. The second kappa shape index (κ2) is 17.9. The summed E-state index contributed by atoms with van der Waals surface area (Å²) in [6.45, 7) is 16.8. The van der Waals surface area contributed by atoms with Crippen LogP contribution in [0.5, 0.6) is 0 Å². The summed E-state index contributed by atoms with van der Waals surface area (Å²) in [6.07, 6.45) is 9.53. The number of aromatic nitrogens is 3. The number of nitrogens with zero attached hydrogens (tertiary/aromatic N) is 4. The number of aryl methyl sites for hydroxylation is 1. The van der Waals surface area contributed by atoms with Gasteiger partial charge in [-0.3, -0.25) is 14.6 Å². The number of cyclic esters (lactones) is 1. The van der Waals surface area contributed by atoms with Gasteiger partial charge >= 0.3 is 12.1 Å². The maximum absolute atomic E-state index is 14.3. The van der Waals surface area contributed by atoms with Crippen LogP contribution < -0.4 is 0 Å². The molecule has 294 valence electrons. The first-order valence-corrected chi connectivity index (χ1v) is 19.7. The monoisotopic (exact) mass is 738 g/mol. The van der Waals surface area contributed by atoms with Crippen molar-refractivity contribution in [3.05, 3.63) is 37.1 Å². The molecule has 5 rings (SSSR count). The van der Waals surface area contributed by atoms with Crippen LogP contribution in [-0.2, 0) is 39.8 Å². The predicted octanol–water partition coefficient (Wildman–Crippen LogP) is 7.10. The molecule has 0 saturated carbocycles. The van der Waals surface area contributed by atoms with Crippen LogP contribution >= 0.6 is 0 Å². The van der Waals surface area contributed by atoms with Gasteiger partial charge in [-0.15, -0.1) is 0 Å². The smallest absolute Gasteiger partial charge is 0.410 e. The molecule has 3 fully saturated rings. The van der Waals surface area contributed by atoms with E-state index < -0.39 is 54.0 Å². The summed E-state index contributed by atoms with van der Waals surface area (Å²) in [5, 5.41) is 0. The van der Waals surface area contributed by atoms with Crippen molar-refractivity contribution in [3.8, 4) is 11.3 Å². The summed E-state index contributed by atoms with van der Waals surface area (Å²) in [7, 11) is 1.67. The highest BCUT2D eigenvalue weighted by molar-refractivity contribution is 5.85. The fraction of sp³-hybridized carbons (Fsp3) is 0.732. The van der Waals surface area contributed by atoms with E-state index in [1.165, 1.54) is 0 Å². The number of fused-ring (bicyclic) bond motifs is 1. The van der Waals surface area contributed by atoms with Crippen LogP contribution in [0.1, 0.15) is 100 Å². The van der Waals surface area contributed by atoms with Gasteiger partial charge in [0, 0.05) is 62.6 Å². The van der Waals surface area contributed by atoms with Gasteiger partial charge < -0.3 is 33.2 Å². The van der Waals surface area contributed by atoms with Crippen LogP contribution in [-0.4, -0.2) is 93.3 Å². The van der Waals surface area contributed by atoms with Crippen molar-refractivity contribution in [3.63, 3.8) is 0 Å². The van der Waals surface area contributed by atoms with Gasteiger partial charge in [0.1, 0.15) is 11.9 Å². The van der Waals surface area contributed by atoms with E-state index >= 15 is 0 Å². The molecule has 0 unspecified atom stereocenters. The normalized spacial score (nSPS) is 36.1. The summed E-state index contributed by atoms with van der Waals surface area (Å²) in [4.78, 5) is 52.7. The number of carbonyl (C=O) groups is 3. The molecule has 0 aliphatic carbocycles. The maximum atomic E-state index is 14.3. The minimum Gasteiger partial charge on any atom is -0.458 e. The van der Waals surface area contributed by atoms with Crippen molar-refractivity contribution in [2.75, 3.05) is 13.7 Å². The number of rotatable bonds is 10. The number of pyridine rings is 1. The summed E-state index contributed by atoms with van der Waals surface area (Å²) in [5.41, 5.74) is 0.537. The first-order chi connectivity index (χ1) is 25.2. The van der Waals surface area contributed by atoms with Gasteiger partial charge in [0.25, 0.3) is 0 Å². The van der Waals surface area contributed by atoms with Gasteiger partial charge in [0.05, 0.1) is 42.3 Å². The number of hydrogen-bond acceptors (Lipinski definition) is 10. The quantitative estimate of drug-likeness (QED) is 0.184. The Labute approximate surface area is 315 Å². The molecular formula is C41H62N4O8. The molecule has 0 bridgehead atoms. The van der Waals surface area contributed by atoms with Crippen LogP contribution in [0.15, 0.2) is 37.1 Å². The number of methoxy groups -OCH3 is 1. The number of amides is 1. The van der Waals surface area contributed by atoms with Crippen LogP contribution in [0.2, 0.25) is 0 Å². The summed E-state index contributed by atoms with van der Waals surface area (Å²) >= 11 is 0.